The topological polar surface area (TPSA) is 47.2 Å². The van der Waals surface area contributed by atoms with Crippen molar-refractivity contribution < 1.29 is 4.79 Å². The van der Waals surface area contributed by atoms with Gasteiger partial charge in [0.2, 0.25) is 0 Å². The minimum atomic E-state index is 0.0663. The summed E-state index contributed by atoms with van der Waals surface area (Å²) >= 11 is 0. The van der Waals surface area contributed by atoms with E-state index < -0.39 is 0 Å². The van der Waals surface area contributed by atoms with Gasteiger partial charge in [-0.2, -0.15) is 0 Å². The minimum absolute atomic E-state index is 0.0663. The van der Waals surface area contributed by atoms with Gasteiger partial charge in [-0.25, -0.2) is 0 Å². The summed E-state index contributed by atoms with van der Waals surface area (Å²) in [7, 11) is 2.00. The summed E-state index contributed by atoms with van der Waals surface area (Å²) in [6.07, 6.45) is 1.83. The number of piperidine rings is 1. The number of pyridine rings is 1. The second-order valence-corrected chi connectivity index (χ2v) is 9.16. The van der Waals surface area contributed by atoms with Crippen molar-refractivity contribution in [3.8, 4) is 0 Å². The largest absolute Gasteiger partial charge is 0.351 e. The van der Waals surface area contributed by atoms with Crippen LogP contribution in [0.2, 0.25) is 0 Å². The normalized spacial score (nSPS) is 22.3. The van der Waals surface area contributed by atoms with E-state index in [1.165, 1.54) is 5.56 Å². The molecule has 1 fully saturated rings. The van der Waals surface area contributed by atoms with E-state index in [0.29, 0.717) is 13.1 Å². The predicted molar refractivity (Wildman–Crippen MR) is 122 cm³/mol. The molecule has 0 saturated carbocycles. The molecule has 0 aliphatic carbocycles. The van der Waals surface area contributed by atoms with Crippen LogP contribution in [0.5, 0.6) is 0 Å². The molecule has 2 bridgehead atoms. The van der Waals surface area contributed by atoms with Crippen LogP contribution in [0.15, 0.2) is 59.4 Å². The Bertz CT molecular complexity index is 1190. The van der Waals surface area contributed by atoms with Crippen LogP contribution in [0.3, 0.4) is 0 Å². The Balaban J connectivity index is 1.52. The fourth-order valence-electron chi connectivity index (χ4n) is 5.57. The van der Waals surface area contributed by atoms with Crippen LogP contribution in [0.1, 0.15) is 51.4 Å². The summed E-state index contributed by atoms with van der Waals surface area (Å²) in [6.45, 7) is 5.41. The zero-order valence-electron chi connectivity index (χ0n) is 18.4. The van der Waals surface area contributed by atoms with Crippen molar-refractivity contribution in [2.45, 2.75) is 38.6 Å². The number of hydrogen-bond donors (Lipinski definition) is 0. The van der Waals surface area contributed by atoms with E-state index in [0.717, 1.165) is 35.5 Å². The van der Waals surface area contributed by atoms with Crippen molar-refractivity contribution in [2.24, 2.45) is 13.0 Å². The quantitative estimate of drug-likeness (QED) is 0.652. The first-order valence-corrected chi connectivity index (χ1v) is 11.1. The van der Waals surface area contributed by atoms with Gasteiger partial charge in [-0.15, -0.1) is 0 Å². The van der Waals surface area contributed by atoms with E-state index >= 15 is 0 Å². The number of nitrogens with zero attached hydrogens (tertiary/aromatic N) is 3. The molecule has 0 radical (unpaired) electrons. The maximum atomic E-state index is 13.5. The van der Waals surface area contributed by atoms with Gasteiger partial charge >= 0.3 is 0 Å². The first-order valence-electron chi connectivity index (χ1n) is 11.1. The first-order chi connectivity index (χ1) is 14.9. The molecule has 4 heterocycles. The van der Waals surface area contributed by atoms with Gasteiger partial charge in [0.1, 0.15) is 0 Å². The number of carbonyl (C=O) groups is 1. The number of aromatic nitrogens is 2. The van der Waals surface area contributed by atoms with Gasteiger partial charge in [0, 0.05) is 55.2 Å². The van der Waals surface area contributed by atoms with Crippen LogP contribution in [0, 0.1) is 19.8 Å². The lowest BCUT2D eigenvalue weighted by Gasteiger charge is -2.47. The van der Waals surface area contributed by atoms with Gasteiger partial charge in [0.05, 0.1) is 5.56 Å². The van der Waals surface area contributed by atoms with Gasteiger partial charge in [-0.05, 0) is 50.3 Å². The van der Waals surface area contributed by atoms with Gasteiger partial charge in [-0.3, -0.25) is 9.59 Å². The summed E-state index contributed by atoms with van der Waals surface area (Å²) in [6, 6.07) is 18.0. The highest BCUT2D eigenvalue weighted by Crippen LogP contribution is 2.42. The first kappa shape index (κ1) is 19.9. The number of rotatable bonds is 3. The highest BCUT2D eigenvalue weighted by atomic mass is 16.2. The van der Waals surface area contributed by atoms with E-state index in [2.05, 4.69) is 22.8 Å². The third-order valence-electron chi connectivity index (χ3n) is 7.38. The number of carbonyl (C=O) groups excluding carboxylic acids is 1. The molecule has 5 heteroatoms. The smallest absolute Gasteiger partial charge is 0.255 e. The molecule has 3 aromatic rings. The van der Waals surface area contributed by atoms with E-state index in [1.54, 1.807) is 6.07 Å². The number of fused-ring (bicyclic) bond motifs is 4. The molecule has 0 N–H and O–H groups in total. The van der Waals surface area contributed by atoms with Crippen LogP contribution in [0.25, 0.3) is 0 Å². The fourth-order valence-corrected chi connectivity index (χ4v) is 5.57. The molecule has 1 aromatic carbocycles. The van der Waals surface area contributed by atoms with E-state index in [9.17, 15) is 9.59 Å². The standard InChI is InChI=1S/C26H29N3O2/c1-17-12-22(18(2)27(17)3)26(31)28-15-20-14-21(16-28)24(13-19-8-5-4-6-9-19)29-23(20)10-7-11-25(29)30/h4-12,20-21,24H,13-16H2,1-3H3/t20-,21+,24+/m1/s1. The lowest BCUT2D eigenvalue weighted by molar-refractivity contribution is 0.0528. The average Bonchev–Trinajstić information content (AvgIpc) is 3.04. The van der Waals surface area contributed by atoms with E-state index in [-0.39, 0.29) is 29.3 Å². The van der Waals surface area contributed by atoms with Crippen molar-refractivity contribution in [3.05, 3.63) is 93.2 Å². The molecule has 5 rings (SSSR count). The molecule has 2 aliphatic heterocycles. The molecule has 31 heavy (non-hydrogen) atoms. The van der Waals surface area contributed by atoms with Crippen LogP contribution in [-0.2, 0) is 13.5 Å². The number of aryl methyl sites for hydroxylation is 1. The number of hydrogen-bond acceptors (Lipinski definition) is 2. The molecule has 5 nitrogen and oxygen atoms in total. The maximum absolute atomic E-state index is 13.5. The number of amides is 1. The summed E-state index contributed by atoms with van der Waals surface area (Å²) in [5, 5.41) is 0. The minimum Gasteiger partial charge on any atom is -0.351 e. The van der Waals surface area contributed by atoms with E-state index in [4.69, 9.17) is 0 Å². The van der Waals surface area contributed by atoms with Crippen molar-refractivity contribution in [1.82, 2.24) is 14.0 Å². The Kier molecular flexibility index (Phi) is 4.84. The Hall–Kier alpha value is -3.08. The Morgan fingerprint density at radius 2 is 1.81 bits per heavy atom. The molecule has 0 spiro atoms. The zero-order chi connectivity index (χ0) is 21.7. The van der Waals surface area contributed by atoms with Gasteiger partial charge < -0.3 is 14.0 Å². The lowest BCUT2D eigenvalue weighted by atomic mass is 9.76. The molecule has 2 aromatic heterocycles. The maximum Gasteiger partial charge on any atom is 0.255 e. The zero-order valence-corrected chi connectivity index (χ0v) is 18.4. The highest BCUT2D eigenvalue weighted by Gasteiger charge is 2.42. The van der Waals surface area contributed by atoms with Crippen molar-refractivity contribution >= 4 is 5.91 Å². The second-order valence-electron chi connectivity index (χ2n) is 9.16. The molecule has 1 amide bonds. The summed E-state index contributed by atoms with van der Waals surface area (Å²) in [5.41, 5.74) is 5.27. The van der Waals surface area contributed by atoms with Crippen LogP contribution < -0.4 is 5.56 Å². The average molecular weight is 416 g/mol. The van der Waals surface area contributed by atoms with Gasteiger partial charge in [0.15, 0.2) is 0 Å². The second kappa shape index (κ2) is 7.56. The molecule has 160 valence electrons. The SMILES string of the molecule is Cc1cc(C(=O)N2C[C@H]3C[C@@H](C2)[C@H](Cc2ccccc2)n2c3cccc2=O)c(C)n1C. The van der Waals surface area contributed by atoms with Gasteiger partial charge in [-0.1, -0.05) is 36.4 Å². The Morgan fingerprint density at radius 1 is 1.03 bits per heavy atom. The molecular formula is C26H29N3O2. The predicted octanol–water partition coefficient (Wildman–Crippen LogP) is 3.85. The lowest BCUT2D eigenvalue weighted by Crippen LogP contribution is -2.51. The van der Waals surface area contributed by atoms with E-state index in [1.807, 2.05) is 60.7 Å². The number of benzene rings is 1. The third kappa shape index (κ3) is 3.32. The molecular weight excluding hydrogens is 386 g/mol. The van der Waals surface area contributed by atoms with Gasteiger partial charge in [0.25, 0.3) is 11.5 Å². The monoisotopic (exact) mass is 415 g/mol. The fraction of sp³-hybridized carbons (Fsp3) is 0.385. The van der Waals surface area contributed by atoms with Crippen molar-refractivity contribution in [2.75, 3.05) is 13.1 Å². The Labute approximate surface area is 182 Å². The summed E-state index contributed by atoms with van der Waals surface area (Å²) in [4.78, 5) is 28.4. The molecule has 0 unspecified atom stereocenters. The van der Waals surface area contributed by atoms with Crippen LogP contribution in [-0.4, -0.2) is 33.0 Å². The Morgan fingerprint density at radius 3 is 2.52 bits per heavy atom. The number of likely N-dealkylation sites (tertiary alicyclic amines) is 1. The summed E-state index contributed by atoms with van der Waals surface area (Å²) < 4.78 is 4.09. The summed E-state index contributed by atoms with van der Waals surface area (Å²) in [5.74, 6) is 0.579. The third-order valence-corrected chi connectivity index (χ3v) is 7.38. The van der Waals surface area contributed by atoms with Crippen LogP contribution >= 0.6 is 0 Å². The van der Waals surface area contributed by atoms with Crippen LogP contribution in [0.4, 0.5) is 0 Å². The highest BCUT2D eigenvalue weighted by molar-refractivity contribution is 5.95. The molecule has 1 saturated heterocycles. The molecule has 2 aliphatic rings. The van der Waals surface area contributed by atoms with Crippen molar-refractivity contribution in [1.29, 1.82) is 0 Å². The molecule has 3 atom stereocenters. The van der Waals surface area contributed by atoms with Crippen molar-refractivity contribution in [3.63, 3.8) is 0 Å².